The van der Waals surface area contributed by atoms with Crippen molar-refractivity contribution >= 4 is 5.97 Å². The Hall–Kier alpha value is -0.830. The topological polar surface area (TPSA) is 29.5 Å². The van der Waals surface area contributed by atoms with E-state index >= 15 is 0 Å². The first-order valence-electron chi connectivity index (χ1n) is 6.26. The van der Waals surface area contributed by atoms with Gasteiger partial charge in [-0.25, -0.2) is 4.79 Å². The Bertz CT molecular complexity index is 196. The molecule has 0 aliphatic heterocycles. The van der Waals surface area contributed by atoms with E-state index in [0.717, 1.165) is 26.1 Å². The minimum Gasteiger partial charge on any atom is -0.462 e. The van der Waals surface area contributed by atoms with E-state index in [0.29, 0.717) is 6.61 Å². The van der Waals surface area contributed by atoms with Crippen LogP contribution in [-0.4, -0.2) is 37.1 Å². The Balaban J connectivity index is 3.57. The lowest BCUT2D eigenvalue weighted by Crippen LogP contribution is -2.27. The smallest absolute Gasteiger partial charge is 0.330 e. The zero-order chi connectivity index (χ0) is 12.2. The standard InChI is InChI=1S/C13H25NO2/c1-4-8-13(15)16-12-7-11-14(9-5-2)10-6-3/h4,8H,5-7,9-12H2,1-3H3/b8-4+. The van der Waals surface area contributed by atoms with E-state index in [-0.39, 0.29) is 5.97 Å². The minimum absolute atomic E-state index is 0.236. The maximum absolute atomic E-state index is 11.0. The van der Waals surface area contributed by atoms with Crippen LogP contribution in [0.4, 0.5) is 0 Å². The normalized spacial score (nSPS) is 11.2. The molecule has 0 rings (SSSR count). The van der Waals surface area contributed by atoms with Crippen molar-refractivity contribution in [2.24, 2.45) is 0 Å². The molecule has 16 heavy (non-hydrogen) atoms. The molecule has 0 unspecified atom stereocenters. The van der Waals surface area contributed by atoms with Gasteiger partial charge in [-0.05, 0) is 39.3 Å². The quantitative estimate of drug-likeness (QED) is 0.344. The first-order valence-corrected chi connectivity index (χ1v) is 6.26. The molecule has 0 bridgehead atoms. The number of ether oxygens (including phenoxy) is 1. The summed E-state index contributed by atoms with van der Waals surface area (Å²) in [7, 11) is 0. The summed E-state index contributed by atoms with van der Waals surface area (Å²) < 4.78 is 5.04. The van der Waals surface area contributed by atoms with E-state index in [2.05, 4.69) is 18.7 Å². The SMILES string of the molecule is C/C=C/C(=O)OCCCN(CCC)CCC. The molecule has 0 aromatic heterocycles. The number of carbonyl (C=O) groups excluding carboxylic acids is 1. The third-order valence-corrected chi connectivity index (χ3v) is 2.25. The molecule has 0 aliphatic rings. The fourth-order valence-corrected chi connectivity index (χ4v) is 1.61. The predicted molar refractivity (Wildman–Crippen MR) is 67.4 cm³/mol. The van der Waals surface area contributed by atoms with Gasteiger partial charge in [0.1, 0.15) is 0 Å². The van der Waals surface area contributed by atoms with Crippen LogP contribution in [0.1, 0.15) is 40.0 Å². The summed E-state index contributed by atoms with van der Waals surface area (Å²) in [6, 6.07) is 0. The monoisotopic (exact) mass is 227 g/mol. The number of esters is 1. The van der Waals surface area contributed by atoms with Crippen LogP contribution in [0.15, 0.2) is 12.2 Å². The van der Waals surface area contributed by atoms with E-state index in [1.54, 1.807) is 6.08 Å². The van der Waals surface area contributed by atoms with Crippen LogP contribution in [0.25, 0.3) is 0 Å². The minimum atomic E-state index is -0.236. The highest BCUT2D eigenvalue weighted by Gasteiger charge is 2.02. The number of allylic oxidation sites excluding steroid dienone is 1. The number of nitrogens with zero attached hydrogens (tertiary/aromatic N) is 1. The molecule has 0 radical (unpaired) electrons. The zero-order valence-corrected chi connectivity index (χ0v) is 10.9. The van der Waals surface area contributed by atoms with Crippen molar-refractivity contribution < 1.29 is 9.53 Å². The molecule has 0 aromatic carbocycles. The highest BCUT2D eigenvalue weighted by molar-refractivity contribution is 5.81. The van der Waals surface area contributed by atoms with Gasteiger partial charge in [0.25, 0.3) is 0 Å². The van der Waals surface area contributed by atoms with Crippen LogP contribution < -0.4 is 0 Å². The third-order valence-electron chi connectivity index (χ3n) is 2.25. The fraction of sp³-hybridized carbons (Fsp3) is 0.769. The highest BCUT2D eigenvalue weighted by atomic mass is 16.5. The Kier molecular flexibility index (Phi) is 10.1. The molecule has 94 valence electrons. The van der Waals surface area contributed by atoms with Gasteiger partial charge in [-0.2, -0.15) is 0 Å². The van der Waals surface area contributed by atoms with Gasteiger partial charge in [0, 0.05) is 12.6 Å². The maximum Gasteiger partial charge on any atom is 0.330 e. The first kappa shape index (κ1) is 15.2. The van der Waals surface area contributed by atoms with E-state index in [9.17, 15) is 4.79 Å². The van der Waals surface area contributed by atoms with Gasteiger partial charge >= 0.3 is 5.97 Å². The molecular formula is C13H25NO2. The van der Waals surface area contributed by atoms with Crippen molar-refractivity contribution in [3.8, 4) is 0 Å². The Morgan fingerprint density at radius 1 is 1.19 bits per heavy atom. The summed E-state index contributed by atoms with van der Waals surface area (Å²) in [5, 5.41) is 0. The maximum atomic E-state index is 11.0. The lowest BCUT2D eigenvalue weighted by molar-refractivity contribution is -0.137. The first-order chi connectivity index (χ1) is 7.74. The van der Waals surface area contributed by atoms with E-state index in [1.807, 2.05) is 6.92 Å². The van der Waals surface area contributed by atoms with Crippen LogP contribution in [0, 0.1) is 0 Å². The van der Waals surface area contributed by atoms with Gasteiger partial charge in [-0.15, -0.1) is 0 Å². The van der Waals surface area contributed by atoms with Crippen LogP contribution >= 0.6 is 0 Å². The van der Waals surface area contributed by atoms with Crippen molar-refractivity contribution in [1.82, 2.24) is 4.90 Å². The molecule has 0 saturated carbocycles. The molecule has 0 spiro atoms. The van der Waals surface area contributed by atoms with E-state index in [4.69, 9.17) is 4.74 Å². The van der Waals surface area contributed by atoms with Crippen LogP contribution in [0.2, 0.25) is 0 Å². The molecule has 3 nitrogen and oxygen atoms in total. The summed E-state index contributed by atoms with van der Waals surface area (Å²) in [6.45, 7) is 10.0. The molecule has 0 N–H and O–H groups in total. The Labute approximate surface area is 99.5 Å². The van der Waals surface area contributed by atoms with Crippen molar-refractivity contribution in [1.29, 1.82) is 0 Å². The summed E-state index contributed by atoms with van der Waals surface area (Å²) >= 11 is 0. The average molecular weight is 227 g/mol. The summed E-state index contributed by atoms with van der Waals surface area (Å²) in [5.41, 5.74) is 0. The summed E-state index contributed by atoms with van der Waals surface area (Å²) in [6.07, 6.45) is 6.43. The van der Waals surface area contributed by atoms with Gasteiger partial charge in [0.15, 0.2) is 0 Å². The molecule has 0 fully saturated rings. The van der Waals surface area contributed by atoms with E-state index < -0.39 is 0 Å². The Morgan fingerprint density at radius 3 is 2.31 bits per heavy atom. The molecule has 3 heteroatoms. The second-order valence-electron chi connectivity index (χ2n) is 3.86. The predicted octanol–water partition coefficient (Wildman–Crippen LogP) is 2.62. The van der Waals surface area contributed by atoms with Gasteiger partial charge in [-0.1, -0.05) is 19.9 Å². The Morgan fingerprint density at radius 2 is 1.81 bits per heavy atom. The zero-order valence-electron chi connectivity index (χ0n) is 10.9. The van der Waals surface area contributed by atoms with E-state index in [1.165, 1.54) is 18.9 Å². The lowest BCUT2D eigenvalue weighted by Gasteiger charge is -2.20. The van der Waals surface area contributed by atoms with Crippen LogP contribution in [-0.2, 0) is 9.53 Å². The molecule has 0 aromatic rings. The molecule has 0 heterocycles. The third kappa shape index (κ3) is 8.48. The second kappa shape index (κ2) is 10.7. The number of carbonyl (C=O) groups is 1. The molecule has 0 amide bonds. The average Bonchev–Trinajstić information content (AvgIpc) is 2.25. The van der Waals surface area contributed by atoms with Gasteiger partial charge in [-0.3, -0.25) is 0 Å². The van der Waals surface area contributed by atoms with Gasteiger partial charge in [0.05, 0.1) is 6.61 Å². The largest absolute Gasteiger partial charge is 0.462 e. The molecule has 0 aliphatic carbocycles. The van der Waals surface area contributed by atoms with Crippen molar-refractivity contribution in [3.63, 3.8) is 0 Å². The lowest BCUT2D eigenvalue weighted by atomic mass is 10.3. The number of hydrogen-bond donors (Lipinski definition) is 0. The second-order valence-corrected chi connectivity index (χ2v) is 3.86. The van der Waals surface area contributed by atoms with Crippen molar-refractivity contribution in [2.75, 3.05) is 26.2 Å². The molecule has 0 saturated heterocycles. The van der Waals surface area contributed by atoms with Crippen molar-refractivity contribution in [3.05, 3.63) is 12.2 Å². The van der Waals surface area contributed by atoms with Crippen LogP contribution in [0.5, 0.6) is 0 Å². The fourth-order valence-electron chi connectivity index (χ4n) is 1.61. The summed E-state index contributed by atoms with van der Waals surface area (Å²) in [5.74, 6) is -0.236. The van der Waals surface area contributed by atoms with Gasteiger partial charge in [0.2, 0.25) is 0 Å². The highest BCUT2D eigenvalue weighted by Crippen LogP contribution is 1.97. The molecular weight excluding hydrogens is 202 g/mol. The van der Waals surface area contributed by atoms with Crippen LogP contribution in [0.3, 0.4) is 0 Å². The van der Waals surface area contributed by atoms with Crippen molar-refractivity contribution in [2.45, 2.75) is 40.0 Å². The number of hydrogen-bond acceptors (Lipinski definition) is 3. The number of rotatable bonds is 9. The van der Waals surface area contributed by atoms with Gasteiger partial charge < -0.3 is 9.64 Å². The molecule has 0 atom stereocenters. The summed E-state index contributed by atoms with van der Waals surface area (Å²) in [4.78, 5) is 13.4.